The average Bonchev–Trinajstić information content (AvgIpc) is 2.84. The highest BCUT2D eigenvalue weighted by Gasteiger charge is 2.48. The molecule has 1 heterocycles. The lowest BCUT2D eigenvalue weighted by Gasteiger charge is -2.24. The first kappa shape index (κ1) is 17.9. The van der Waals surface area contributed by atoms with Gasteiger partial charge in [0, 0.05) is 12.1 Å². The molecule has 1 aromatic carbocycles. The fourth-order valence-electron chi connectivity index (χ4n) is 2.60. The molecule has 0 spiro atoms. The Morgan fingerprint density at radius 3 is 2.46 bits per heavy atom. The Bertz CT molecular complexity index is 772. The van der Waals surface area contributed by atoms with Crippen LogP contribution in [-0.2, 0) is 14.8 Å². The molecular weight excluding hydrogens is 336 g/mol. The lowest BCUT2D eigenvalue weighted by Crippen LogP contribution is -2.36. The molecule has 1 fully saturated rings. The molecule has 0 N–H and O–H groups in total. The van der Waals surface area contributed by atoms with Gasteiger partial charge >= 0.3 is 6.09 Å². The first-order chi connectivity index (χ1) is 11.1. The minimum atomic E-state index is -4.16. The molecule has 24 heavy (non-hydrogen) atoms. The summed E-state index contributed by atoms with van der Waals surface area (Å²) in [6.45, 7) is 7.32. The second kappa shape index (κ2) is 6.23. The maximum atomic E-state index is 12.6. The number of carbonyl (C=O) groups excluding carboxylic acids is 1. The molecule has 0 aromatic heterocycles. The maximum absolute atomic E-state index is 12.6. The number of hydrogen-bond acceptors (Lipinski definition) is 6. The van der Waals surface area contributed by atoms with Gasteiger partial charge in [0.2, 0.25) is 0 Å². The van der Waals surface area contributed by atoms with E-state index in [2.05, 4.69) is 6.58 Å². The fourth-order valence-corrected chi connectivity index (χ4v) is 3.96. The molecule has 0 radical (unpaired) electrons. The van der Waals surface area contributed by atoms with E-state index < -0.39 is 26.6 Å². The zero-order valence-corrected chi connectivity index (χ0v) is 14.2. The molecule has 130 valence electrons. The van der Waals surface area contributed by atoms with Crippen LogP contribution in [-0.4, -0.2) is 35.9 Å². The van der Waals surface area contributed by atoms with Crippen LogP contribution in [0.3, 0.4) is 0 Å². The van der Waals surface area contributed by atoms with Crippen molar-refractivity contribution >= 4 is 21.8 Å². The number of amides is 1. The first-order valence-corrected chi connectivity index (χ1v) is 8.69. The average molecular weight is 354 g/mol. The number of cyclic esters (lactones) is 1. The number of benzene rings is 1. The summed E-state index contributed by atoms with van der Waals surface area (Å²) < 4.78 is 31.2. The Balaban J connectivity index is 2.34. The van der Waals surface area contributed by atoms with Crippen LogP contribution in [0.1, 0.15) is 20.3 Å². The molecule has 2 rings (SSSR count). The SMILES string of the molecule is C=CC1(CC(C)C)CN(S(=O)(=O)c2ccc([N+](=O)[O-])cc2)C(=O)O1. The van der Waals surface area contributed by atoms with Gasteiger partial charge < -0.3 is 4.74 Å². The van der Waals surface area contributed by atoms with Gasteiger partial charge in [-0.1, -0.05) is 20.4 Å². The maximum Gasteiger partial charge on any atom is 0.424 e. The normalized spacial score (nSPS) is 21.0. The van der Waals surface area contributed by atoms with Crippen molar-refractivity contribution in [2.45, 2.75) is 30.8 Å². The predicted molar refractivity (Wildman–Crippen MR) is 85.9 cm³/mol. The first-order valence-electron chi connectivity index (χ1n) is 7.25. The van der Waals surface area contributed by atoms with Crippen molar-refractivity contribution in [1.82, 2.24) is 4.31 Å². The van der Waals surface area contributed by atoms with E-state index in [0.717, 1.165) is 24.3 Å². The summed E-state index contributed by atoms with van der Waals surface area (Å²) in [6.07, 6.45) is 0.902. The van der Waals surface area contributed by atoms with Crippen molar-refractivity contribution in [2.75, 3.05) is 6.54 Å². The summed E-state index contributed by atoms with van der Waals surface area (Å²) >= 11 is 0. The van der Waals surface area contributed by atoms with Gasteiger partial charge in [-0.05, 0) is 30.5 Å². The highest BCUT2D eigenvalue weighted by molar-refractivity contribution is 7.89. The van der Waals surface area contributed by atoms with Gasteiger partial charge in [0.05, 0.1) is 16.4 Å². The quantitative estimate of drug-likeness (QED) is 0.442. The molecule has 0 saturated carbocycles. The van der Waals surface area contributed by atoms with E-state index in [-0.39, 0.29) is 23.0 Å². The highest BCUT2D eigenvalue weighted by Crippen LogP contribution is 2.34. The van der Waals surface area contributed by atoms with Gasteiger partial charge in [-0.25, -0.2) is 13.2 Å². The molecule has 1 aromatic rings. The van der Waals surface area contributed by atoms with Crippen LogP contribution in [0.15, 0.2) is 41.8 Å². The number of sulfonamides is 1. The zero-order valence-electron chi connectivity index (χ0n) is 13.3. The number of non-ortho nitro benzene ring substituents is 1. The topological polar surface area (TPSA) is 107 Å². The van der Waals surface area contributed by atoms with Crippen LogP contribution in [0, 0.1) is 16.0 Å². The van der Waals surface area contributed by atoms with Crippen LogP contribution in [0.25, 0.3) is 0 Å². The molecule has 1 unspecified atom stereocenters. The van der Waals surface area contributed by atoms with Crippen molar-refractivity contribution in [3.8, 4) is 0 Å². The van der Waals surface area contributed by atoms with Gasteiger partial charge in [-0.2, -0.15) is 4.31 Å². The Morgan fingerprint density at radius 1 is 1.42 bits per heavy atom. The molecule has 9 heteroatoms. The molecule has 1 aliphatic heterocycles. The Kier molecular flexibility index (Phi) is 4.66. The van der Waals surface area contributed by atoms with E-state index in [1.165, 1.54) is 6.08 Å². The van der Waals surface area contributed by atoms with Gasteiger partial charge in [0.25, 0.3) is 15.7 Å². The smallest absolute Gasteiger partial charge is 0.424 e. The Morgan fingerprint density at radius 2 is 2.00 bits per heavy atom. The monoisotopic (exact) mass is 354 g/mol. The Hall–Kier alpha value is -2.42. The lowest BCUT2D eigenvalue weighted by molar-refractivity contribution is -0.384. The molecule has 1 atom stereocenters. The highest BCUT2D eigenvalue weighted by atomic mass is 32.2. The van der Waals surface area contributed by atoms with Crippen molar-refractivity contribution in [3.63, 3.8) is 0 Å². The van der Waals surface area contributed by atoms with Gasteiger partial charge in [-0.15, -0.1) is 0 Å². The second-order valence-electron chi connectivity index (χ2n) is 6.00. The van der Waals surface area contributed by atoms with Crippen molar-refractivity contribution in [2.24, 2.45) is 5.92 Å². The van der Waals surface area contributed by atoms with E-state index in [4.69, 9.17) is 4.74 Å². The van der Waals surface area contributed by atoms with Crippen LogP contribution in [0.2, 0.25) is 0 Å². The third-order valence-corrected chi connectivity index (χ3v) is 5.39. The minimum absolute atomic E-state index is 0.165. The summed E-state index contributed by atoms with van der Waals surface area (Å²) in [5.41, 5.74) is -1.31. The van der Waals surface area contributed by atoms with Crippen molar-refractivity contribution < 1.29 is 22.9 Å². The van der Waals surface area contributed by atoms with Crippen molar-refractivity contribution in [1.29, 1.82) is 0 Å². The van der Waals surface area contributed by atoms with E-state index in [0.29, 0.717) is 10.7 Å². The minimum Gasteiger partial charge on any atom is -0.436 e. The standard InChI is InChI=1S/C15H18N2O6S/c1-4-15(9-11(2)3)10-16(14(18)23-15)24(21,22)13-7-5-12(6-8-13)17(19)20/h4-8,11H,1,9-10H2,2-3H3. The number of nitro groups is 1. The van der Waals surface area contributed by atoms with Crippen LogP contribution in [0.4, 0.5) is 10.5 Å². The van der Waals surface area contributed by atoms with Crippen LogP contribution < -0.4 is 0 Å². The number of hydrogen-bond donors (Lipinski definition) is 0. The third-order valence-electron chi connectivity index (χ3n) is 3.67. The molecule has 0 aliphatic carbocycles. The van der Waals surface area contributed by atoms with E-state index in [9.17, 15) is 23.3 Å². The number of ether oxygens (including phenoxy) is 1. The fraction of sp³-hybridized carbons (Fsp3) is 0.400. The summed E-state index contributed by atoms with van der Waals surface area (Å²) in [5.74, 6) is 0.165. The van der Waals surface area contributed by atoms with E-state index >= 15 is 0 Å². The van der Waals surface area contributed by atoms with Gasteiger partial charge in [0.15, 0.2) is 5.60 Å². The summed E-state index contributed by atoms with van der Waals surface area (Å²) in [4.78, 5) is 21.9. The molecular formula is C15H18N2O6S. The third kappa shape index (κ3) is 3.25. The number of nitro benzene ring substituents is 1. The Labute approximate surface area is 139 Å². The summed E-state index contributed by atoms with van der Waals surface area (Å²) in [6, 6.07) is 4.33. The van der Waals surface area contributed by atoms with Crippen LogP contribution >= 0.6 is 0 Å². The molecule has 1 saturated heterocycles. The van der Waals surface area contributed by atoms with Crippen molar-refractivity contribution in [3.05, 3.63) is 47.0 Å². The molecule has 1 aliphatic rings. The molecule has 1 amide bonds. The second-order valence-corrected chi connectivity index (χ2v) is 7.86. The summed E-state index contributed by atoms with van der Waals surface area (Å²) in [5, 5.41) is 10.7. The molecule has 8 nitrogen and oxygen atoms in total. The zero-order chi connectivity index (χ0) is 18.1. The number of rotatable bonds is 6. The largest absolute Gasteiger partial charge is 0.436 e. The molecule has 0 bridgehead atoms. The summed E-state index contributed by atoms with van der Waals surface area (Å²) in [7, 11) is -4.16. The van der Waals surface area contributed by atoms with Gasteiger partial charge in [-0.3, -0.25) is 10.1 Å². The number of nitrogens with zero attached hydrogens (tertiary/aromatic N) is 2. The van der Waals surface area contributed by atoms with Gasteiger partial charge in [0.1, 0.15) is 0 Å². The van der Waals surface area contributed by atoms with E-state index in [1.807, 2.05) is 13.8 Å². The predicted octanol–water partition coefficient (Wildman–Crippen LogP) is 2.71. The number of carbonyl (C=O) groups is 1. The van der Waals surface area contributed by atoms with Crippen LogP contribution in [0.5, 0.6) is 0 Å². The van der Waals surface area contributed by atoms with E-state index in [1.54, 1.807) is 0 Å². The lowest BCUT2D eigenvalue weighted by atomic mass is 9.93.